The van der Waals surface area contributed by atoms with Gasteiger partial charge in [0.05, 0.1) is 6.61 Å². The molecular formula is C31H51NO4S. The van der Waals surface area contributed by atoms with Gasteiger partial charge in [-0.3, -0.25) is 19.7 Å². The predicted molar refractivity (Wildman–Crippen MR) is 155 cm³/mol. The Kier molecular flexibility index (Phi) is 11.7. The van der Waals surface area contributed by atoms with Crippen LogP contribution in [0, 0.1) is 10.8 Å². The molecule has 0 aromatic carbocycles. The lowest BCUT2D eigenvalue weighted by Gasteiger charge is -2.45. The largest absolute Gasteiger partial charge is 0.465 e. The van der Waals surface area contributed by atoms with Crippen molar-refractivity contribution in [3.63, 3.8) is 0 Å². The lowest BCUT2D eigenvalue weighted by atomic mass is 9.66. The number of ketones is 2. The Morgan fingerprint density at radius 2 is 1.41 bits per heavy atom. The molecule has 37 heavy (non-hydrogen) atoms. The topological polar surface area (TPSA) is 72.5 Å². The highest BCUT2D eigenvalue weighted by molar-refractivity contribution is 8.00. The quantitative estimate of drug-likeness (QED) is 0.203. The smallest absolute Gasteiger partial charge is 0.323 e. The van der Waals surface area contributed by atoms with Gasteiger partial charge in [-0.15, -0.1) is 0 Å². The van der Waals surface area contributed by atoms with Crippen molar-refractivity contribution >= 4 is 29.3 Å². The molecule has 0 fully saturated rings. The molecule has 2 aliphatic carbocycles. The van der Waals surface area contributed by atoms with Crippen LogP contribution in [0.25, 0.3) is 0 Å². The second-order valence-electron chi connectivity index (χ2n) is 12.0. The van der Waals surface area contributed by atoms with Crippen molar-refractivity contribution in [1.29, 1.82) is 0 Å². The summed E-state index contributed by atoms with van der Waals surface area (Å²) < 4.78 is 5.51. The first-order chi connectivity index (χ1) is 17.3. The van der Waals surface area contributed by atoms with Gasteiger partial charge < -0.3 is 4.74 Å². The maximum Gasteiger partial charge on any atom is 0.323 e. The van der Waals surface area contributed by atoms with Crippen molar-refractivity contribution < 1.29 is 19.1 Å². The van der Waals surface area contributed by atoms with E-state index in [0.717, 1.165) is 38.5 Å². The Bertz CT molecular complexity index is 922. The van der Waals surface area contributed by atoms with Gasteiger partial charge in [0, 0.05) is 40.7 Å². The summed E-state index contributed by atoms with van der Waals surface area (Å²) in [4.78, 5) is 38.0. The summed E-state index contributed by atoms with van der Waals surface area (Å²) in [5.41, 5.74) is 5.24. The number of hydrogen-bond donors (Lipinski definition) is 1. The Hall–Kier alpha value is -1.40. The summed E-state index contributed by atoms with van der Waals surface area (Å²) in [6.45, 7) is 18.7. The number of Topliss-reactive ketones (excluding diaryl/α,β-unsaturated/α-hetero) is 2. The number of rotatable bonds is 13. The van der Waals surface area contributed by atoms with Crippen LogP contribution in [-0.2, 0) is 19.1 Å². The van der Waals surface area contributed by atoms with Crippen LogP contribution in [0.1, 0.15) is 114 Å². The summed E-state index contributed by atoms with van der Waals surface area (Å²) in [5, 5.41) is 3.71. The predicted octanol–water partition coefficient (Wildman–Crippen LogP) is 6.99. The summed E-state index contributed by atoms with van der Waals surface area (Å²) in [5.74, 6) is 0.520. The molecule has 1 N–H and O–H groups in total. The van der Waals surface area contributed by atoms with Crippen LogP contribution < -0.4 is 5.32 Å². The minimum Gasteiger partial charge on any atom is -0.465 e. The van der Waals surface area contributed by atoms with E-state index in [-0.39, 0.29) is 39.7 Å². The number of nitrogens with one attached hydrogen (secondary N) is 1. The first-order valence-corrected chi connectivity index (χ1v) is 15.2. The molecule has 0 radical (unpaired) electrons. The second kappa shape index (κ2) is 13.6. The van der Waals surface area contributed by atoms with Gasteiger partial charge in [0.25, 0.3) is 0 Å². The SMILES string of the molecule is CCOC(=O)C(CSC(CC(C)=O)C1(C)CCCC(C)=C1C)NC(CC(C)=O)C1(C)CCCC(C)=C1C. The third-order valence-electron chi connectivity index (χ3n) is 9.37. The molecule has 5 nitrogen and oxygen atoms in total. The van der Waals surface area contributed by atoms with Crippen LogP contribution in [0.4, 0.5) is 0 Å². The first kappa shape index (κ1) is 31.8. The van der Waals surface area contributed by atoms with E-state index in [4.69, 9.17) is 4.74 Å². The van der Waals surface area contributed by atoms with Gasteiger partial charge in [0.1, 0.15) is 17.6 Å². The number of carbonyl (C=O) groups excluding carboxylic acids is 3. The molecule has 0 saturated carbocycles. The number of allylic oxidation sites excluding steroid dienone is 3. The highest BCUT2D eigenvalue weighted by atomic mass is 32.2. The van der Waals surface area contributed by atoms with Crippen LogP contribution in [0.2, 0.25) is 0 Å². The molecule has 210 valence electrons. The van der Waals surface area contributed by atoms with Gasteiger partial charge in [-0.1, -0.05) is 36.1 Å². The molecule has 0 spiro atoms. The van der Waals surface area contributed by atoms with E-state index in [1.54, 1.807) is 25.6 Å². The van der Waals surface area contributed by atoms with E-state index < -0.39 is 6.04 Å². The summed E-state index contributed by atoms with van der Waals surface area (Å²) >= 11 is 1.72. The van der Waals surface area contributed by atoms with Gasteiger partial charge >= 0.3 is 5.97 Å². The second-order valence-corrected chi connectivity index (χ2v) is 13.2. The zero-order chi connectivity index (χ0) is 28.0. The maximum absolute atomic E-state index is 13.2. The van der Waals surface area contributed by atoms with Gasteiger partial charge in [-0.25, -0.2) is 0 Å². The first-order valence-electron chi connectivity index (χ1n) is 14.1. The standard InChI is InChI=1S/C31H51NO4S/c1-10-36-29(35)26(32-27(17-22(4)33)30(8)15-11-13-20(2)24(30)6)19-37-28(18-23(5)34)31(9)16-12-14-21(3)25(31)7/h26-28,32H,10-19H2,1-9H3. The fraction of sp³-hybridized carbons (Fsp3) is 0.774. The summed E-state index contributed by atoms with van der Waals surface area (Å²) in [6.07, 6.45) is 7.29. The molecule has 0 bridgehead atoms. The number of esters is 1. The van der Waals surface area contributed by atoms with Gasteiger partial charge in [0.2, 0.25) is 0 Å². The Balaban J connectivity index is 2.37. The number of carbonyl (C=O) groups is 3. The molecular weight excluding hydrogens is 482 g/mol. The van der Waals surface area contributed by atoms with Crippen LogP contribution in [0.5, 0.6) is 0 Å². The normalized spacial score (nSPS) is 27.1. The van der Waals surface area contributed by atoms with Crippen molar-refractivity contribution in [3.05, 3.63) is 22.3 Å². The van der Waals surface area contributed by atoms with E-state index in [9.17, 15) is 14.4 Å². The minimum atomic E-state index is -0.548. The molecule has 0 saturated heterocycles. The molecule has 5 atom stereocenters. The molecule has 0 aromatic rings. The Morgan fingerprint density at radius 3 is 1.92 bits per heavy atom. The number of ether oxygens (including phenoxy) is 1. The molecule has 2 aliphatic rings. The lowest BCUT2D eigenvalue weighted by Crippen LogP contribution is -2.54. The highest BCUT2D eigenvalue weighted by Crippen LogP contribution is 2.49. The van der Waals surface area contributed by atoms with Crippen molar-refractivity contribution in [2.75, 3.05) is 12.4 Å². The number of thioether (sulfide) groups is 1. The molecule has 0 aromatic heterocycles. The van der Waals surface area contributed by atoms with Gasteiger partial charge in [0.15, 0.2) is 0 Å². The summed E-state index contributed by atoms with van der Waals surface area (Å²) in [6, 6.07) is -0.705. The Morgan fingerprint density at radius 1 is 0.892 bits per heavy atom. The van der Waals surface area contributed by atoms with Gasteiger partial charge in [-0.2, -0.15) is 11.8 Å². The van der Waals surface area contributed by atoms with E-state index >= 15 is 0 Å². The lowest BCUT2D eigenvalue weighted by molar-refractivity contribution is -0.145. The third-order valence-corrected chi connectivity index (χ3v) is 11.0. The minimum absolute atomic E-state index is 0.0809. The molecule has 6 heteroatoms. The van der Waals surface area contributed by atoms with Crippen molar-refractivity contribution in [2.24, 2.45) is 10.8 Å². The highest BCUT2D eigenvalue weighted by Gasteiger charge is 2.43. The molecule has 2 rings (SSSR count). The van der Waals surface area contributed by atoms with E-state index in [0.29, 0.717) is 25.2 Å². The maximum atomic E-state index is 13.2. The van der Waals surface area contributed by atoms with E-state index in [1.807, 2.05) is 6.92 Å². The van der Waals surface area contributed by atoms with Crippen LogP contribution >= 0.6 is 11.8 Å². The van der Waals surface area contributed by atoms with Gasteiger partial charge in [-0.05, 0) is 87.0 Å². The molecule has 0 amide bonds. The zero-order valence-corrected chi connectivity index (χ0v) is 25.7. The van der Waals surface area contributed by atoms with E-state index in [2.05, 4.69) is 46.9 Å². The molecule has 0 aliphatic heterocycles. The fourth-order valence-corrected chi connectivity index (χ4v) is 8.04. The average molecular weight is 534 g/mol. The molecule has 5 unspecified atom stereocenters. The zero-order valence-electron chi connectivity index (χ0n) is 24.8. The van der Waals surface area contributed by atoms with E-state index in [1.165, 1.54) is 22.3 Å². The van der Waals surface area contributed by atoms with Crippen LogP contribution in [0.15, 0.2) is 22.3 Å². The monoisotopic (exact) mass is 533 g/mol. The molecule has 0 heterocycles. The Labute approximate surface area is 230 Å². The van der Waals surface area contributed by atoms with Crippen LogP contribution in [0.3, 0.4) is 0 Å². The fourth-order valence-electron chi connectivity index (χ4n) is 6.37. The third kappa shape index (κ3) is 7.81. The van der Waals surface area contributed by atoms with Crippen LogP contribution in [-0.4, -0.2) is 47.2 Å². The number of hydrogen-bond acceptors (Lipinski definition) is 6. The summed E-state index contributed by atoms with van der Waals surface area (Å²) in [7, 11) is 0. The van der Waals surface area contributed by atoms with Crippen molar-refractivity contribution in [3.8, 4) is 0 Å². The van der Waals surface area contributed by atoms with Crippen molar-refractivity contribution in [2.45, 2.75) is 131 Å². The average Bonchev–Trinajstić information content (AvgIpc) is 2.81. The van der Waals surface area contributed by atoms with Crippen molar-refractivity contribution in [1.82, 2.24) is 5.32 Å².